The van der Waals surface area contributed by atoms with Crippen LogP contribution in [-0.2, 0) is 12.2 Å². The van der Waals surface area contributed by atoms with Crippen molar-refractivity contribution in [1.82, 2.24) is 19.7 Å². The number of hydrogen-bond donors (Lipinski definition) is 0. The summed E-state index contributed by atoms with van der Waals surface area (Å²) in [5.74, 6) is 0.862. The summed E-state index contributed by atoms with van der Waals surface area (Å²) in [6, 6.07) is 11.2. The highest BCUT2D eigenvalue weighted by molar-refractivity contribution is 7.98. The highest BCUT2D eigenvalue weighted by atomic mass is 35.5. The minimum atomic E-state index is -0.555. The molecule has 0 atom stereocenters. The Morgan fingerprint density at radius 3 is 2.79 bits per heavy atom. The van der Waals surface area contributed by atoms with Crippen LogP contribution in [0.25, 0.3) is 16.6 Å². The van der Waals surface area contributed by atoms with Crippen molar-refractivity contribution in [1.29, 1.82) is 0 Å². The zero-order chi connectivity index (χ0) is 19.7. The van der Waals surface area contributed by atoms with Crippen molar-refractivity contribution < 1.29 is 8.91 Å². The van der Waals surface area contributed by atoms with E-state index in [0.717, 1.165) is 0 Å². The van der Waals surface area contributed by atoms with Gasteiger partial charge in [-0.25, -0.2) is 9.37 Å². The van der Waals surface area contributed by atoms with Gasteiger partial charge in [0.05, 0.1) is 27.4 Å². The van der Waals surface area contributed by atoms with Gasteiger partial charge in [-0.3, -0.25) is 9.36 Å². The van der Waals surface area contributed by atoms with Crippen molar-refractivity contribution in [3.8, 4) is 5.69 Å². The highest BCUT2D eigenvalue weighted by Gasteiger charge is 2.16. The van der Waals surface area contributed by atoms with Crippen LogP contribution in [-0.4, -0.2) is 19.7 Å². The molecule has 0 spiro atoms. The maximum Gasteiger partial charge on any atom is 0.266 e. The third kappa shape index (κ3) is 3.53. The summed E-state index contributed by atoms with van der Waals surface area (Å²) >= 11 is 7.22. The molecule has 0 amide bonds. The summed E-state index contributed by atoms with van der Waals surface area (Å²) in [7, 11) is 0. The fraction of sp³-hybridized carbons (Fsp3) is 0.158. The van der Waals surface area contributed by atoms with Gasteiger partial charge in [0, 0.05) is 6.42 Å². The van der Waals surface area contributed by atoms with Crippen molar-refractivity contribution in [3.05, 3.63) is 75.4 Å². The molecule has 2 heterocycles. The van der Waals surface area contributed by atoms with Crippen LogP contribution in [0.3, 0.4) is 0 Å². The number of thioether (sulfide) groups is 1. The summed E-state index contributed by atoms with van der Waals surface area (Å²) < 4.78 is 20.1. The summed E-state index contributed by atoms with van der Waals surface area (Å²) in [6.07, 6.45) is 0.644. The van der Waals surface area contributed by atoms with E-state index in [2.05, 4.69) is 15.1 Å². The molecule has 0 N–H and O–H groups in total. The topological polar surface area (TPSA) is 73.8 Å². The van der Waals surface area contributed by atoms with Gasteiger partial charge in [0.25, 0.3) is 5.56 Å². The van der Waals surface area contributed by atoms with Crippen LogP contribution in [0, 0.1) is 5.82 Å². The lowest BCUT2D eigenvalue weighted by Gasteiger charge is -2.13. The molecule has 0 aliphatic rings. The van der Waals surface area contributed by atoms with Crippen molar-refractivity contribution in [2.75, 3.05) is 0 Å². The zero-order valence-corrected chi connectivity index (χ0v) is 16.3. The quantitative estimate of drug-likeness (QED) is 0.354. The Labute approximate surface area is 168 Å². The molecule has 9 heteroatoms. The Morgan fingerprint density at radius 2 is 2.04 bits per heavy atom. The van der Waals surface area contributed by atoms with Crippen molar-refractivity contribution in [2.45, 2.75) is 24.3 Å². The van der Waals surface area contributed by atoms with Gasteiger partial charge in [-0.15, -0.1) is 0 Å². The average molecular weight is 417 g/mol. The molecular formula is C19H14ClFN4O2S. The molecule has 0 saturated heterocycles. The van der Waals surface area contributed by atoms with Crippen LogP contribution in [0.1, 0.15) is 18.6 Å². The molecular weight excluding hydrogens is 403 g/mol. The first kappa shape index (κ1) is 18.6. The Kier molecular flexibility index (Phi) is 5.15. The van der Waals surface area contributed by atoms with E-state index in [1.807, 2.05) is 13.0 Å². The van der Waals surface area contributed by atoms with E-state index < -0.39 is 5.82 Å². The molecule has 4 rings (SSSR count). The smallest absolute Gasteiger partial charge is 0.266 e. The number of para-hydroxylation sites is 1. The van der Waals surface area contributed by atoms with E-state index in [-0.39, 0.29) is 10.6 Å². The van der Waals surface area contributed by atoms with Crippen LogP contribution in [0.2, 0.25) is 5.02 Å². The fourth-order valence-electron chi connectivity index (χ4n) is 2.68. The molecule has 2 aromatic carbocycles. The number of fused-ring (bicyclic) bond motifs is 1. The molecule has 0 fully saturated rings. The van der Waals surface area contributed by atoms with Gasteiger partial charge < -0.3 is 4.52 Å². The van der Waals surface area contributed by atoms with Gasteiger partial charge in [0.15, 0.2) is 11.0 Å². The van der Waals surface area contributed by atoms with E-state index in [0.29, 0.717) is 45.6 Å². The average Bonchev–Trinajstić information content (AvgIpc) is 3.17. The Bertz CT molecular complexity index is 1220. The monoisotopic (exact) mass is 416 g/mol. The van der Waals surface area contributed by atoms with Crippen LogP contribution in [0.15, 0.2) is 56.9 Å². The molecule has 28 heavy (non-hydrogen) atoms. The van der Waals surface area contributed by atoms with Crippen LogP contribution in [0.4, 0.5) is 4.39 Å². The lowest BCUT2D eigenvalue weighted by Crippen LogP contribution is -2.21. The minimum Gasteiger partial charge on any atom is -0.339 e. The van der Waals surface area contributed by atoms with Gasteiger partial charge in [-0.1, -0.05) is 47.6 Å². The predicted molar refractivity (Wildman–Crippen MR) is 106 cm³/mol. The molecule has 2 aromatic heterocycles. The zero-order valence-electron chi connectivity index (χ0n) is 14.7. The van der Waals surface area contributed by atoms with Gasteiger partial charge in [0.2, 0.25) is 5.89 Å². The van der Waals surface area contributed by atoms with Crippen LogP contribution in [0.5, 0.6) is 0 Å². The molecule has 4 aromatic rings. The second kappa shape index (κ2) is 7.73. The third-order valence-electron chi connectivity index (χ3n) is 4.05. The standard InChI is InChI=1S/C19H14ClFN4O2S/c1-2-17-23-16(24-27-17)10-28-19-22-15-6-4-3-5-12(15)18(26)25(19)11-7-8-14(21)13(20)9-11/h3-9H,2,10H2,1H3. The Hall–Kier alpha value is -2.71. The van der Waals surface area contributed by atoms with Crippen molar-refractivity contribution in [3.63, 3.8) is 0 Å². The molecule has 0 aliphatic heterocycles. The van der Waals surface area contributed by atoms with Gasteiger partial charge in [0.1, 0.15) is 5.82 Å². The van der Waals surface area contributed by atoms with E-state index >= 15 is 0 Å². The van der Waals surface area contributed by atoms with Gasteiger partial charge >= 0.3 is 0 Å². The molecule has 6 nitrogen and oxygen atoms in total. The normalized spacial score (nSPS) is 11.2. The first-order valence-electron chi connectivity index (χ1n) is 8.48. The first-order chi connectivity index (χ1) is 13.6. The summed E-state index contributed by atoms with van der Waals surface area (Å²) in [5, 5.41) is 4.74. The molecule has 142 valence electrons. The van der Waals surface area contributed by atoms with Crippen molar-refractivity contribution >= 4 is 34.3 Å². The second-order valence-electron chi connectivity index (χ2n) is 5.90. The van der Waals surface area contributed by atoms with E-state index in [9.17, 15) is 9.18 Å². The summed E-state index contributed by atoms with van der Waals surface area (Å²) in [4.78, 5) is 22.0. The maximum atomic E-state index is 13.6. The van der Waals surface area contributed by atoms with Gasteiger partial charge in [-0.2, -0.15) is 4.98 Å². The molecule has 0 unspecified atom stereocenters. The predicted octanol–water partition coefficient (Wildman–Crippen LogP) is 4.42. The number of benzene rings is 2. The number of halogens is 2. The Morgan fingerprint density at radius 1 is 1.21 bits per heavy atom. The summed E-state index contributed by atoms with van der Waals surface area (Å²) in [6.45, 7) is 1.92. The molecule has 0 saturated carbocycles. The Balaban J connectivity index is 1.83. The number of hydrogen-bond acceptors (Lipinski definition) is 6. The van der Waals surface area contributed by atoms with Gasteiger partial charge in [-0.05, 0) is 30.3 Å². The largest absolute Gasteiger partial charge is 0.339 e. The number of aryl methyl sites for hydroxylation is 1. The fourth-order valence-corrected chi connectivity index (χ4v) is 3.71. The first-order valence-corrected chi connectivity index (χ1v) is 9.84. The number of rotatable bonds is 5. The number of nitrogens with zero attached hydrogens (tertiary/aromatic N) is 4. The molecule has 0 bridgehead atoms. The van der Waals surface area contributed by atoms with Crippen molar-refractivity contribution in [2.24, 2.45) is 0 Å². The SMILES string of the molecule is CCc1nc(CSc2nc3ccccc3c(=O)n2-c2ccc(F)c(Cl)c2)no1. The lowest BCUT2D eigenvalue weighted by molar-refractivity contribution is 0.378. The molecule has 0 aliphatic carbocycles. The maximum absolute atomic E-state index is 13.6. The van der Waals surface area contributed by atoms with Crippen LogP contribution >= 0.6 is 23.4 Å². The molecule has 0 radical (unpaired) electrons. The van der Waals surface area contributed by atoms with E-state index in [4.69, 9.17) is 16.1 Å². The minimum absolute atomic E-state index is 0.0701. The van der Waals surface area contributed by atoms with E-state index in [1.165, 1.54) is 34.5 Å². The third-order valence-corrected chi connectivity index (χ3v) is 5.27. The summed E-state index contributed by atoms with van der Waals surface area (Å²) in [5.41, 5.74) is 0.736. The lowest BCUT2D eigenvalue weighted by atomic mass is 10.2. The number of aromatic nitrogens is 4. The van der Waals surface area contributed by atoms with E-state index in [1.54, 1.807) is 18.2 Å². The second-order valence-corrected chi connectivity index (χ2v) is 7.25. The van der Waals surface area contributed by atoms with Crippen LogP contribution < -0.4 is 5.56 Å². The highest BCUT2D eigenvalue weighted by Crippen LogP contribution is 2.26.